The Morgan fingerprint density at radius 3 is 2.62 bits per heavy atom. The van der Waals surface area contributed by atoms with Crippen LogP contribution in [-0.4, -0.2) is 49.7 Å². The van der Waals surface area contributed by atoms with Crippen LogP contribution in [-0.2, 0) is 33.9 Å². The summed E-state index contributed by atoms with van der Waals surface area (Å²) < 4.78 is 67.9. The van der Waals surface area contributed by atoms with E-state index in [1.54, 1.807) is 0 Å². The van der Waals surface area contributed by atoms with E-state index in [2.05, 4.69) is 20.8 Å². The van der Waals surface area contributed by atoms with E-state index in [9.17, 15) is 26.8 Å². The molecule has 1 aliphatic heterocycles. The monoisotopic (exact) mass is 330 g/mol. The molecule has 21 heavy (non-hydrogen) atoms. The molecule has 0 amide bonds. The standard InChI is InChI=1S/C10H12F2O8S/c1-6(4-18-5-10(11,12)21(15,16)17)9(14)20-8-3-2-7(13)19-8/h8H,1-5H2,(H,15,16,17). The quantitative estimate of drug-likeness (QED) is 0.401. The zero-order valence-corrected chi connectivity index (χ0v) is 11.4. The Hall–Kier alpha value is -1.59. The number of hydrogen-bond donors (Lipinski definition) is 1. The second-order valence-electron chi connectivity index (χ2n) is 4.07. The van der Waals surface area contributed by atoms with Crippen LogP contribution < -0.4 is 0 Å². The molecule has 1 unspecified atom stereocenters. The Bertz CT molecular complexity index is 541. The lowest BCUT2D eigenvalue weighted by Gasteiger charge is -2.14. The molecule has 0 spiro atoms. The molecule has 8 nitrogen and oxygen atoms in total. The van der Waals surface area contributed by atoms with Crippen molar-refractivity contribution < 1.29 is 45.6 Å². The van der Waals surface area contributed by atoms with E-state index in [1.165, 1.54) is 0 Å². The van der Waals surface area contributed by atoms with Gasteiger partial charge in [-0.2, -0.15) is 17.2 Å². The van der Waals surface area contributed by atoms with Gasteiger partial charge < -0.3 is 14.2 Å². The summed E-state index contributed by atoms with van der Waals surface area (Å²) in [5.41, 5.74) is -0.385. The molecule has 120 valence electrons. The Morgan fingerprint density at radius 1 is 1.52 bits per heavy atom. The number of alkyl halides is 2. The van der Waals surface area contributed by atoms with Gasteiger partial charge in [0.2, 0.25) is 6.29 Å². The fourth-order valence-corrected chi connectivity index (χ4v) is 1.44. The molecule has 1 heterocycles. The fourth-order valence-electron chi connectivity index (χ4n) is 1.21. The van der Waals surface area contributed by atoms with Gasteiger partial charge in [-0.1, -0.05) is 6.58 Å². The molecule has 0 aliphatic carbocycles. The Morgan fingerprint density at radius 2 is 2.14 bits per heavy atom. The number of ether oxygens (including phenoxy) is 3. The maximum atomic E-state index is 12.8. The molecule has 1 aliphatic rings. The highest BCUT2D eigenvalue weighted by Crippen LogP contribution is 2.21. The maximum Gasteiger partial charge on any atom is 0.392 e. The van der Waals surface area contributed by atoms with Crippen molar-refractivity contribution in [1.29, 1.82) is 0 Å². The molecule has 11 heteroatoms. The number of carbonyl (C=O) groups is 2. The minimum absolute atomic E-state index is 0.0848. The predicted molar refractivity (Wildman–Crippen MR) is 61.7 cm³/mol. The molecule has 1 fully saturated rings. The summed E-state index contributed by atoms with van der Waals surface area (Å²) in [6.45, 7) is 0.799. The first-order valence-electron chi connectivity index (χ1n) is 5.54. The number of hydrogen-bond acceptors (Lipinski definition) is 7. The number of rotatable bonds is 7. The van der Waals surface area contributed by atoms with Gasteiger partial charge in [0.15, 0.2) is 0 Å². The van der Waals surface area contributed by atoms with Crippen LogP contribution >= 0.6 is 0 Å². The van der Waals surface area contributed by atoms with E-state index in [0.717, 1.165) is 0 Å². The summed E-state index contributed by atoms with van der Waals surface area (Å²) in [5.74, 6) is -1.58. The predicted octanol–water partition coefficient (Wildman–Crippen LogP) is 0.246. The van der Waals surface area contributed by atoms with Gasteiger partial charge in [0.05, 0.1) is 18.6 Å². The lowest BCUT2D eigenvalue weighted by atomic mass is 10.3. The number of halogens is 2. The van der Waals surface area contributed by atoms with Gasteiger partial charge in [-0.25, -0.2) is 4.79 Å². The fraction of sp³-hybridized carbons (Fsp3) is 0.600. The number of esters is 2. The highest BCUT2D eigenvalue weighted by Gasteiger charge is 2.44. The first-order chi connectivity index (χ1) is 9.53. The molecular formula is C10H12F2O8S. The third-order valence-electron chi connectivity index (χ3n) is 2.30. The van der Waals surface area contributed by atoms with Crippen LogP contribution in [0.15, 0.2) is 12.2 Å². The minimum atomic E-state index is -5.61. The normalized spacial score (nSPS) is 19.2. The molecule has 1 atom stereocenters. The third-order valence-corrected chi connectivity index (χ3v) is 3.17. The van der Waals surface area contributed by atoms with Crippen LogP contribution in [0, 0.1) is 0 Å². The molecule has 0 aromatic rings. The zero-order valence-electron chi connectivity index (χ0n) is 10.6. The van der Waals surface area contributed by atoms with Crippen LogP contribution in [0.4, 0.5) is 8.78 Å². The van der Waals surface area contributed by atoms with Gasteiger partial charge in [-0.3, -0.25) is 9.35 Å². The number of cyclic esters (lactones) is 1. The van der Waals surface area contributed by atoms with E-state index in [0.29, 0.717) is 0 Å². The number of carbonyl (C=O) groups excluding carboxylic acids is 2. The summed E-state index contributed by atoms with van der Waals surface area (Å²) in [4.78, 5) is 22.2. The highest BCUT2D eigenvalue weighted by molar-refractivity contribution is 7.86. The highest BCUT2D eigenvalue weighted by atomic mass is 32.2. The summed E-state index contributed by atoms with van der Waals surface area (Å²) in [6, 6.07) is 0. The first kappa shape index (κ1) is 17.5. The van der Waals surface area contributed by atoms with Crippen molar-refractivity contribution in [3.05, 3.63) is 12.2 Å². The van der Waals surface area contributed by atoms with Crippen LogP contribution in [0.25, 0.3) is 0 Å². The van der Waals surface area contributed by atoms with Crippen molar-refractivity contribution in [2.45, 2.75) is 24.4 Å². The maximum absolute atomic E-state index is 12.8. The van der Waals surface area contributed by atoms with Gasteiger partial charge in [0.1, 0.15) is 6.61 Å². The van der Waals surface area contributed by atoms with Gasteiger partial charge in [-0.15, -0.1) is 0 Å². The van der Waals surface area contributed by atoms with Crippen LogP contribution in [0.3, 0.4) is 0 Å². The van der Waals surface area contributed by atoms with Crippen molar-refractivity contribution >= 4 is 22.1 Å². The van der Waals surface area contributed by atoms with Gasteiger partial charge >= 0.3 is 27.3 Å². The summed E-state index contributed by atoms with van der Waals surface area (Å²) in [6.07, 6.45) is -0.817. The molecule has 0 aromatic carbocycles. The minimum Gasteiger partial charge on any atom is -0.425 e. The van der Waals surface area contributed by atoms with E-state index >= 15 is 0 Å². The average Bonchev–Trinajstić information content (AvgIpc) is 2.72. The van der Waals surface area contributed by atoms with Crippen molar-refractivity contribution in [3.8, 4) is 0 Å². The third kappa shape index (κ3) is 5.02. The largest absolute Gasteiger partial charge is 0.425 e. The van der Waals surface area contributed by atoms with Gasteiger partial charge in [0, 0.05) is 6.42 Å². The summed E-state index contributed by atoms with van der Waals surface area (Å²) in [5, 5.41) is -4.50. The lowest BCUT2D eigenvalue weighted by molar-refractivity contribution is -0.174. The Kier molecular flexibility index (Phi) is 5.36. The summed E-state index contributed by atoms with van der Waals surface area (Å²) in [7, 11) is -5.61. The molecule has 0 radical (unpaired) electrons. The smallest absolute Gasteiger partial charge is 0.392 e. The Balaban J connectivity index is 2.37. The Labute approximate surface area is 118 Å². The molecule has 1 saturated heterocycles. The van der Waals surface area contributed by atoms with E-state index in [-0.39, 0.29) is 18.4 Å². The van der Waals surface area contributed by atoms with Crippen molar-refractivity contribution in [3.63, 3.8) is 0 Å². The molecular weight excluding hydrogens is 318 g/mol. The second kappa shape index (κ2) is 6.45. The van der Waals surface area contributed by atoms with Crippen molar-refractivity contribution in [1.82, 2.24) is 0 Å². The summed E-state index contributed by atoms with van der Waals surface area (Å²) >= 11 is 0. The molecule has 0 aromatic heterocycles. The average molecular weight is 330 g/mol. The molecule has 1 N–H and O–H groups in total. The SMILES string of the molecule is C=C(COCC(F)(F)S(=O)(=O)O)C(=O)OC1CCC(=O)O1. The van der Waals surface area contributed by atoms with Gasteiger partial charge in [0.25, 0.3) is 0 Å². The molecule has 0 saturated carbocycles. The van der Waals surface area contributed by atoms with Gasteiger partial charge in [-0.05, 0) is 0 Å². The van der Waals surface area contributed by atoms with Crippen LogP contribution in [0.2, 0.25) is 0 Å². The van der Waals surface area contributed by atoms with E-state index < -0.39 is 46.8 Å². The van der Waals surface area contributed by atoms with Crippen molar-refractivity contribution in [2.75, 3.05) is 13.2 Å². The van der Waals surface area contributed by atoms with Crippen LogP contribution in [0.1, 0.15) is 12.8 Å². The van der Waals surface area contributed by atoms with E-state index in [4.69, 9.17) is 4.55 Å². The van der Waals surface area contributed by atoms with Crippen molar-refractivity contribution in [2.24, 2.45) is 0 Å². The molecule has 1 rings (SSSR count). The van der Waals surface area contributed by atoms with E-state index in [1.807, 2.05) is 0 Å². The zero-order chi connectivity index (χ0) is 16.3. The lowest BCUT2D eigenvalue weighted by Crippen LogP contribution is -2.34. The molecule has 0 bridgehead atoms. The van der Waals surface area contributed by atoms with Crippen LogP contribution in [0.5, 0.6) is 0 Å². The first-order valence-corrected chi connectivity index (χ1v) is 6.98. The topological polar surface area (TPSA) is 116 Å². The second-order valence-corrected chi connectivity index (χ2v) is 5.62.